The van der Waals surface area contributed by atoms with E-state index in [9.17, 15) is 4.79 Å². The van der Waals surface area contributed by atoms with Gasteiger partial charge in [0.25, 0.3) is 0 Å². The van der Waals surface area contributed by atoms with Gasteiger partial charge in [0.05, 0.1) is 28.4 Å². The molecule has 0 amide bonds. The van der Waals surface area contributed by atoms with Crippen LogP contribution in [0.3, 0.4) is 0 Å². The molecular weight excluding hydrogens is 368 g/mol. The molecule has 0 aromatic heterocycles. The van der Waals surface area contributed by atoms with E-state index in [-0.39, 0.29) is 5.78 Å². The third kappa shape index (κ3) is 7.18. The maximum Gasteiger partial charge on any atom is 0.203 e. The van der Waals surface area contributed by atoms with Gasteiger partial charge in [0.15, 0.2) is 17.3 Å². The smallest absolute Gasteiger partial charge is 0.203 e. The molecule has 5 nitrogen and oxygen atoms in total. The van der Waals surface area contributed by atoms with Crippen molar-refractivity contribution in [2.24, 2.45) is 0 Å². The van der Waals surface area contributed by atoms with Crippen LogP contribution in [0.4, 0.5) is 0 Å². The third-order valence-corrected chi connectivity index (χ3v) is 3.80. The van der Waals surface area contributed by atoms with E-state index >= 15 is 0 Å². The molecule has 0 heterocycles. The minimum atomic E-state index is -0.160. The van der Waals surface area contributed by atoms with Crippen LogP contribution in [-0.2, 0) is 0 Å². The van der Waals surface area contributed by atoms with Gasteiger partial charge < -0.3 is 18.9 Å². The van der Waals surface area contributed by atoms with Gasteiger partial charge in [0, 0.05) is 5.56 Å². The molecule has 0 aliphatic heterocycles. The Morgan fingerprint density at radius 1 is 0.759 bits per heavy atom. The summed E-state index contributed by atoms with van der Waals surface area (Å²) in [7, 11) is 6.18. The Kier molecular flexibility index (Phi) is 12.7. The monoisotopic (exact) mass is 402 g/mol. The summed E-state index contributed by atoms with van der Waals surface area (Å²) in [6, 6.07) is 8.99. The second-order valence-electron chi connectivity index (χ2n) is 5.34. The number of rotatable bonds is 7. The summed E-state index contributed by atoms with van der Waals surface area (Å²) in [4.78, 5) is 12.5. The molecule has 5 heteroatoms. The Balaban J connectivity index is 0.00000184. The first-order valence-corrected chi connectivity index (χ1v) is 9.71. The average Bonchev–Trinajstić information content (AvgIpc) is 2.79. The van der Waals surface area contributed by atoms with Crippen LogP contribution in [0.5, 0.6) is 23.0 Å². The van der Waals surface area contributed by atoms with Gasteiger partial charge in [-0.1, -0.05) is 39.8 Å². The molecule has 2 aromatic rings. The van der Waals surface area contributed by atoms with E-state index in [2.05, 4.69) is 0 Å². The fourth-order valence-electron chi connectivity index (χ4n) is 2.50. The van der Waals surface area contributed by atoms with E-state index in [1.165, 1.54) is 27.4 Å². The number of ether oxygens (including phenoxy) is 4. The molecule has 0 N–H and O–H groups in total. The first-order chi connectivity index (χ1) is 14.0. The maximum atomic E-state index is 12.5. The highest BCUT2D eigenvalue weighted by molar-refractivity contribution is 6.07. The van der Waals surface area contributed by atoms with Crippen molar-refractivity contribution < 1.29 is 23.7 Å². The zero-order valence-electron chi connectivity index (χ0n) is 19.1. The molecule has 0 spiro atoms. The lowest BCUT2D eigenvalue weighted by Gasteiger charge is -2.13. The summed E-state index contributed by atoms with van der Waals surface area (Å²) in [5, 5.41) is 0. The lowest BCUT2D eigenvalue weighted by atomic mass is 10.1. The number of hydrogen-bond donors (Lipinski definition) is 0. The number of carbonyl (C=O) groups excluding carboxylic acids is 1. The first-order valence-electron chi connectivity index (χ1n) is 9.71. The summed E-state index contributed by atoms with van der Waals surface area (Å²) < 4.78 is 21.1. The highest BCUT2D eigenvalue weighted by atomic mass is 16.5. The van der Waals surface area contributed by atoms with Crippen molar-refractivity contribution in [1.82, 2.24) is 0 Å². The number of benzene rings is 2. The quantitative estimate of drug-likeness (QED) is 0.421. The molecule has 0 fully saturated rings. The van der Waals surface area contributed by atoms with Gasteiger partial charge in [-0.05, 0) is 48.4 Å². The number of carbonyl (C=O) groups is 1. The number of ketones is 1. The molecule has 0 atom stereocenters. The van der Waals surface area contributed by atoms with E-state index in [4.69, 9.17) is 18.9 Å². The molecule has 0 aliphatic rings. The molecule has 0 unspecified atom stereocenters. The van der Waals surface area contributed by atoms with Gasteiger partial charge in [-0.2, -0.15) is 0 Å². The topological polar surface area (TPSA) is 54.0 Å². The van der Waals surface area contributed by atoms with Crippen molar-refractivity contribution >= 4 is 11.9 Å². The van der Waals surface area contributed by atoms with Crippen molar-refractivity contribution in [3.63, 3.8) is 0 Å². The number of hydrogen-bond acceptors (Lipinski definition) is 5. The summed E-state index contributed by atoms with van der Waals surface area (Å²) in [5.41, 5.74) is 2.37. The van der Waals surface area contributed by atoms with E-state index < -0.39 is 0 Å². The Morgan fingerprint density at radius 2 is 1.28 bits per heavy atom. The first kappa shape index (κ1) is 26.1. The van der Waals surface area contributed by atoms with E-state index in [1.807, 2.05) is 52.8 Å². The largest absolute Gasteiger partial charge is 0.496 e. The van der Waals surface area contributed by atoms with Crippen molar-refractivity contribution in [3.8, 4) is 23.0 Å². The summed E-state index contributed by atoms with van der Waals surface area (Å²) in [6.45, 7) is 9.96. The lowest BCUT2D eigenvalue weighted by Crippen LogP contribution is -2.00. The van der Waals surface area contributed by atoms with Gasteiger partial charge in [-0.3, -0.25) is 4.79 Å². The van der Waals surface area contributed by atoms with Crippen LogP contribution < -0.4 is 18.9 Å². The van der Waals surface area contributed by atoms with Crippen LogP contribution in [-0.4, -0.2) is 34.2 Å². The summed E-state index contributed by atoms with van der Waals surface area (Å²) in [5.74, 6) is 2.00. The zero-order valence-corrected chi connectivity index (χ0v) is 19.1. The Bertz CT molecular complexity index is 769. The minimum absolute atomic E-state index is 0.160. The van der Waals surface area contributed by atoms with Crippen molar-refractivity contribution in [2.45, 2.75) is 34.6 Å². The Morgan fingerprint density at radius 3 is 1.69 bits per heavy atom. The second kappa shape index (κ2) is 14.1. The van der Waals surface area contributed by atoms with Crippen molar-refractivity contribution in [1.29, 1.82) is 0 Å². The Hall–Kier alpha value is -2.95. The van der Waals surface area contributed by atoms with Gasteiger partial charge in [-0.25, -0.2) is 0 Å². The van der Waals surface area contributed by atoms with Gasteiger partial charge >= 0.3 is 0 Å². The average molecular weight is 403 g/mol. The second-order valence-corrected chi connectivity index (χ2v) is 5.34. The molecule has 0 aliphatic carbocycles. The summed E-state index contributed by atoms with van der Waals surface area (Å²) >= 11 is 0. The van der Waals surface area contributed by atoms with Crippen LogP contribution in [0.25, 0.3) is 6.08 Å². The molecule has 0 radical (unpaired) electrons. The van der Waals surface area contributed by atoms with Crippen molar-refractivity contribution in [3.05, 3.63) is 53.1 Å². The minimum Gasteiger partial charge on any atom is -0.496 e. The standard InChI is InChI=1S/C20H22O5.2C2H6/c1-13-10-14(7-9-17(13)22-2)6-8-16(21)15-11-18(23-3)20(25-5)19(12-15)24-4;2*1-2/h6-12H,1-5H3;2*1-2H3/b8-6+;;. The molecule has 0 saturated heterocycles. The lowest BCUT2D eigenvalue weighted by molar-refractivity contribution is 0.104. The fraction of sp³-hybridized carbons (Fsp3) is 0.375. The molecule has 0 saturated carbocycles. The van der Waals surface area contributed by atoms with E-state index in [0.717, 1.165) is 16.9 Å². The SMILES string of the molecule is CC.CC.COc1ccc(/C=C/C(=O)c2cc(OC)c(OC)c(OC)c2)cc1C. The van der Waals surface area contributed by atoms with Crippen LogP contribution >= 0.6 is 0 Å². The predicted molar refractivity (Wildman–Crippen MR) is 120 cm³/mol. The molecule has 160 valence electrons. The van der Waals surface area contributed by atoms with Crippen molar-refractivity contribution in [2.75, 3.05) is 28.4 Å². The van der Waals surface area contributed by atoms with E-state index in [1.54, 1.807) is 25.3 Å². The highest BCUT2D eigenvalue weighted by Crippen LogP contribution is 2.38. The van der Waals surface area contributed by atoms with Gasteiger partial charge in [0.1, 0.15) is 5.75 Å². The maximum absolute atomic E-state index is 12.5. The number of allylic oxidation sites excluding steroid dienone is 1. The van der Waals surface area contributed by atoms with Crippen LogP contribution in [0.1, 0.15) is 49.2 Å². The fourth-order valence-corrected chi connectivity index (χ4v) is 2.50. The predicted octanol–water partition coefficient (Wildman–Crippen LogP) is 5.98. The molecule has 29 heavy (non-hydrogen) atoms. The molecule has 2 rings (SSSR count). The molecule has 2 aromatic carbocycles. The normalized spacial score (nSPS) is 9.55. The molecular formula is C24H34O5. The van der Waals surface area contributed by atoms with Gasteiger partial charge in [-0.15, -0.1) is 0 Å². The number of methoxy groups -OCH3 is 4. The van der Waals surface area contributed by atoms with Crippen LogP contribution in [0.2, 0.25) is 0 Å². The zero-order chi connectivity index (χ0) is 22.4. The third-order valence-electron chi connectivity index (χ3n) is 3.80. The van der Waals surface area contributed by atoms with Gasteiger partial charge in [0.2, 0.25) is 5.75 Å². The van der Waals surface area contributed by atoms with E-state index in [0.29, 0.717) is 22.8 Å². The summed E-state index contributed by atoms with van der Waals surface area (Å²) in [6.07, 6.45) is 3.28. The Labute approximate surface area is 175 Å². The van der Waals surface area contributed by atoms with Crippen LogP contribution in [0, 0.1) is 6.92 Å². The van der Waals surface area contributed by atoms with Crippen LogP contribution in [0.15, 0.2) is 36.4 Å². The highest BCUT2D eigenvalue weighted by Gasteiger charge is 2.15. The molecule has 0 bridgehead atoms. The number of aryl methyl sites for hydroxylation is 1.